The van der Waals surface area contributed by atoms with E-state index in [1.165, 1.54) is 17.5 Å². The van der Waals surface area contributed by atoms with Crippen molar-refractivity contribution in [1.29, 1.82) is 0 Å². The maximum atomic E-state index is 12.3. The molecule has 2 heterocycles. The van der Waals surface area contributed by atoms with Gasteiger partial charge in [0.05, 0.1) is 5.69 Å². The number of thiazole rings is 1. The van der Waals surface area contributed by atoms with E-state index in [9.17, 15) is 8.42 Å². The molecule has 0 unspecified atom stereocenters. The first-order valence-electron chi connectivity index (χ1n) is 6.53. The van der Waals surface area contributed by atoms with Crippen LogP contribution in [0.1, 0.15) is 32.2 Å². The van der Waals surface area contributed by atoms with Gasteiger partial charge in [-0.2, -0.15) is 0 Å². The summed E-state index contributed by atoms with van der Waals surface area (Å²) in [5.41, 5.74) is 1.58. The van der Waals surface area contributed by atoms with Crippen molar-refractivity contribution in [2.24, 2.45) is 0 Å². The number of nitrogens with zero attached hydrogens (tertiary/aromatic N) is 1. The highest BCUT2D eigenvalue weighted by Gasteiger charge is 2.21. The maximum absolute atomic E-state index is 12.3. The molecular weight excluding hydrogens is 308 g/mol. The van der Waals surface area contributed by atoms with Gasteiger partial charge in [-0.3, -0.25) is 4.72 Å². The maximum Gasteiger partial charge on any atom is 0.265 e. The average molecular weight is 328 g/mol. The highest BCUT2D eigenvalue weighted by atomic mass is 32.2. The van der Waals surface area contributed by atoms with Crippen LogP contribution in [-0.4, -0.2) is 25.4 Å². The van der Waals surface area contributed by atoms with Crippen molar-refractivity contribution in [2.75, 3.05) is 11.8 Å². The number of aromatic amines is 1. The molecule has 8 heteroatoms. The Labute approximate surface area is 129 Å². The lowest BCUT2D eigenvalue weighted by Gasteiger charge is -2.14. The van der Waals surface area contributed by atoms with Gasteiger partial charge in [0.1, 0.15) is 4.90 Å². The molecular formula is C13H20N4O2S2. The highest BCUT2D eigenvalue weighted by molar-refractivity contribution is 7.93. The van der Waals surface area contributed by atoms with Gasteiger partial charge in [-0.25, -0.2) is 13.4 Å². The molecule has 0 saturated heterocycles. The van der Waals surface area contributed by atoms with Gasteiger partial charge >= 0.3 is 0 Å². The van der Waals surface area contributed by atoms with Crippen LogP contribution in [0, 0.1) is 0 Å². The number of rotatable bonds is 5. The molecule has 0 spiro atoms. The summed E-state index contributed by atoms with van der Waals surface area (Å²) >= 11 is 1.29. The fourth-order valence-electron chi connectivity index (χ4n) is 1.71. The van der Waals surface area contributed by atoms with E-state index in [0.717, 1.165) is 11.4 Å². The number of hydrogen-bond donors (Lipinski definition) is 3. The lowest BCUT2D eigenvalue weighted by Crippen LogP contribution is -2.14. The largest absolute Gasteiger partial charge is 0.363 e. The Kier molecular flexibility index (Phi) is 4.40. The first kappa shape index (κ1) is 16.0. The summed E-state index contributed by atoms with van der Waals surface area (Å²) in [7, 11) is -1.80. The molecule has 0 saturated carbocycles. The van der Waals surface area contributed by atoms with E-state index in [0.29, 0.717) is 11.7 Å². The molecule has 2 aromatic rings. The van der Waals surface area contributed by atoms with Gasteiger partial charge in [0.25, 0.3) is 10.0 Å². The minimum atomic E-state index is -3.60. The summed E-state index contributed by atoms with van der Waals surface area (Å²) in [6, 6.07) is 1.61. The molecule has 2 rings (SSSR count). The second kappa shape index (κ2) is 5.78. The average Bonchev–Trinajstić information content (AvgIpc) is 2.97. The smallest absolute Gasteiger partial charge is 0.265 e. The first-order valence-corrected chi connectivity index (χ1v) is 8.89. The molecule has 0 fully saturated rings. The van der Waals surface area contributed by atoms with Crippen LogP contribution in [0.2, 0.25) is 0 Å². The van der Waals surface area contributed by atoms with Crippen LogP contribution in [0.3, 0.4) is 0 Å². The summed E-state index contributed by atoms with van der Waals surface area (Å²) in [5, 5.41) is 5.22. The molecule has 0 amide bonds. The van der Waals surface area contributed by atoms with E-state index >= 15 is 0 Å². The standard InChI is InChI=1S/C13H20N4O2S2/c1-13(2,3)11-8-20-12(16-11)17-21(18,19)10-5-9(6-14-4)15-7-10/h5,7-8,14-15H,6H2,1-4H3,(H,16,17). The summed E-state index contributed by atoms with van der Waals surface area (Å²) < 4.78 is 27.1. The fraction of sp³-hybridized carbons (Fsp3) is 0.462. The molecule has 116 valence electrons. The summed E-state index contributed by atoms with van der Waals surface area (Å²) in [6.45, 7) is 6.70. The van der Waals surface area contributed by atoms with Crippen molar-refractivity contribution in [3.63, 3.8) is 0 Å². The summed E-state index contributed by atoms with van der Waals surface area (Å²) in [6.07, 6.45) is 1.48. The number of nitrogens with one attached hydrogen (secondary N) is 3. The topological polar surface area (TPSA) is 86.9 Å². The third kappa shape index (κ3) is 3.84. The molecule has 3 N–H and O–H groups in total. The van der Waals surface area contributed by atoms with Gasteiger partial charge in [-0.1, -0.05) is 20.8 Å². The predicted molar refractivity (Wildman–Crippen MR) is 85.2 cm³/mol. The van der Waals surface area contributed by atoms with Crippen molar-refractivity contribution in [3.8, 4) is 0 Å². The highest BCUT2D eigenvalue weighted by Crippen LogP contribution is 2.27. The molecule has 0 radical (unpaired) electrons. The molecule has 0 aromatic carbocycles. The minimum absolute atomic E-state index is 0.103. The molecule has 0 aliphatic carbocycles. The zero-order valence-electron chi connectivity index (χ0n) is 12.5. The first-order chi connectivity index (χ1) is 9.72. The van der Waals surface area contributed by atoms with Gasteiger partial charge in [-0.15, -0.1) is 11.3 Å². The third-order valence-electron chi connectivity index (χ3n) is 2.89. The van der Waals surface area contributed by atoms with Crippen LogP contribution < -0.4 is 10.0 Å². The normalized spacial score (nSPS) is 12.6. The van der Waals surface area contributed by atoms with Gasteiger partial charge in [0.2, 0.25) is 0 Å². The van der Waals surface area contributed by atoms with Crippen LogP contribution >= 0.6 is 11.3 Å². The fourth-order valence-corrected chi connectivity index (χ4v) is 3.91. The van der Waals surface area contributed by atoms with Crippen LogP contribution in [-0.2, 0) is 22.0 Å². The van der Waals surface area contributed by atoms with Crippen molar-refractivity contribution in [3.05, 3.63) is 29.0 Å². The molecule has 0 aliphatic rings. The van der Waals surface area contributed by atoms with E-state index in [1.54, 1.807) is 13.1 Å². The summed E-state index contributed by atoms with van der Waals surface area (Å²) in [4.78, 5) is 7.48. The Morgan fingerprint density at radius 1 is 1.38 bits per heavy atom. The Hall–Kier alpha value is -1.38. The number of anilines is 1. The third-order valence-corrected chi connectivity index (χ3v) is 5.09. The molecule has 6 nitrogen and oxygen atoms in total. The molecule has 0 atom stereocenters. The van der Waals surface area contributed by atoms with Crippen LogP contribution in [0.25, 0.3) is 0 Å². The minimum Gasteiger partial charge on any atom is -0.363 e. The molecule has 2 aromatic heterocycles. The molecule has 0 aliphatic heterocycles. The molecule has 0 bridgehead atoms. The zero-order valence-corrected chi connectivity index (χ0v) is 14.2. The van der Waals surface area contributed by atoms with Crippen LogP contribution in [0.5, 0.6) is 0 Å². The van der Waals surface area contributed by atoms with Gasteiger partial charge in [0, 0.05) is 29.2 Å². The lowest BCUT2D eigenvalue weighted by atomic mass is 9.93. The number of sulfonamides is 1. The van der Waals surface area contributed by atoms with Gasteiger partial charge in [-0.05, 0) is 13.1 Å². The van der Waals surface area contributed by atoms with Gasteiger partial charge < -0.3 is 10.3 Å². The van der Waals surface area contributed by atoms with Crippen LogP contribution in [0.15, 0.2) is 22.5 Å². The SMILES string of the molecule is CNCc1cc(S(=O)(=O)Nc2nc(C(C)(C)C)cs2)c[nH]1. The summed E-state index contributed by atoms with van der Waals surface area (Å²) in [5.74, 6) is 0. The number of aromatic nitrogens is 2. The second-order valence-electron chi connectivity index (χ2n) is 5.78. The second-order valence-corrected chi connectivity index (χ2v) is 8.32. The van der Waals surface area contributed by atoms with Crippen LogP contribution in [0.4, 0.5) is 5.13 Å². The predicted octanol–water partition coefficient (Wildman–Crippen LogP) is 2.29. The Morgan fingerprint density at radius 3 is 2.67 bits per heavy atom. The quantitative estimate of drug-likeness (QED) is 0.786. The Bertz CT molecular complexity index is 711. The number of H-pyrrole nitrogens is 1. The van der Waals surface area contributed by atoms with Crippen molar-refractivity contribution in [1.82, 2.24) is 15.3 Å². The lowest BCUT2D eigenvalue weighted by molar-refractivity contribution is 0.573. The molecule has 21 heavy (non-hydrogen) atoms. The van der Waals surface area contributed by atoms with E-state index in [2.05, 4.69) is 20.0 Å². The van der Waals surface area contributed by atoms with Crippen molar-refractivity contribution in [2.45, 2.75) is 37.6 Å². The van der Waals surface area contributed by atoms with E-state index in [4.69, 9.17) is 0 Å². The zero-order chi connectivity index (χ0) is 15.7. The monoisotopic (exact) mass is 328 g/mol. The van der Waals surface area contributed by atoms with E-state index in [1.807, 2.05) is 26.2 Å². The van der Waals surface area contributed by atoms with Gasteiger partial charge in [0.15, 0.2) is 5.13 Å². The Balaban J connectivity index is 2.18. The van der Waals surface area contributed by atoms with Crippen molar-refractivity contribution < 1.29 is 8.42 Å². The Morgan fingerprint density at radius 2 is 2.10 bits per heavy atom. The van der Waals surface area contributed by atoms with E-state index in [-0.39, 0.29) is 10.3 Å². The number of hydrogen-bond acceptors (Lipinski definition) is 5. The van der Waals surface area contributed by atoms with E-state index < -0.39 is 10.0 Å². The van der Waals surface area contributed by atoms with Crippen molar-refractivity contribution >= 4 is 26.5 Å².